The molecule has 3 rings (SSSR count). The Morgan fingerprint density at radius 3 is 2.39 bits per heavy atom. The third kappa shape index (κ3) is 2.79. The highest BCUT2D eigenvalue weighted by Gasteiger charge is 2.73. The Bertz CT molecular complexity index is 701. The fraction of sp³-hybridized carbons (Fsp3) is 0.818. The molecule has 6 heteroatoms. The Morgan fingerprint density at radius 1 is 1.25 bits per heavy atom. The minimum absolute atomic E-state index is 0.0514. The predicted octanol–water partition coefficient (Wildman–Crippen LogP) is 2.41. The van der Waals surface area contributed by atoms with Crippen LogP contribution in [0, 0.1) is 22.7 Å². The highest BCUT2D eigenvalue weighted by Crippen LogP contribution is 2.65. The minimum Gasteiger partial charge on any atom is -0.457 e. The number of aliphatic hydroxyl groups is 2. The van der Waals surface area contributed by atoms with Gasteiger partial charge >= 0.3 is 5.97 Å². The van der Waals surface area contributed by atoms with Crippen molar-refractivity contribution in [1.29, 1.82) is 0 Å². The normalized spacial score (nSPS) is 50.3. The van der Waals surface area contributed by atoms with E-state index < -0.39 is 52.7 Å². The van der Waals surface area contributed by atoms with Crippen LogP contribution >= 0.6 is 0 Å². The number of esters is 1. The average molecular weight is 395 g/mol. The molecule has 2 saturated carbocycles. The first-order valence-corrected chi connectivity index (χ1v) is 10.1. The van der Waals surface area contributed by atoms with Crippen LogP contribution in [-0.4, -0.2) is 51.5 Å². The van der Waals surface area contributed by atoms with E-state index in [0.717, 1.165) is 0 Å². The molecule has 0 aromatic rings. The van der Waals surface area contributed by atoms with Crippen LogP contribution < -0.4 is 0 Å². The van der Waals surface area contributed by atoms with Crippen molar-refractivity contribution < 1.29 is 29.3 Å². The lowest BCUT2D eigenvalue weighted by atomic mass is 9.41. The van der Waals surface area contributed by atoms with Crippen LogP contribution in [0.2, 0.25) is 0 Å². The van der Waals surface area contributed by atoms with Gasteiger partial charge in [-0.05, 0) is 32.1 Å². The standard InChI is InChI=1S/C22H34O6/c1-8-20(5)11-13(24)16-21(6)14(25)9-10-19(3,4)17(21)15(26)18(27-12(2)23)22(16,7)28-20/h8,14-18,25-26H,1,9-11H2,2-7H3. The van der Waals surface area contributed by atoms with Crippen molar-refractivity contribution in [2.45, 2.75) is 90.3 Å². The molecule has 8 unspecified atom stereocenters. The van der Waals surface area contributed by atoms with Gasteiger partial charge in [0.15, 0.2) is 6.10 Å². The predicted molar refractivity (Wildman–Crippen MR) is 103 cm³/mol. The SMILES string of the molecule is C=CC1(C)CC(=O)C2C(C)(O1)C(OC(C)=O)C(O)C1C(C)(C)CCC(O)C12C. The minimum atomic E-state index is -1.27. The molecule has 0 amide bonds. The van der Waals surface area contributed by atoms with Crippen LogP contribution in [0.4, 0.5) is 0 Å². The summed E-state index contributed by atoms with van der Waals surface area (Å²) >= 11 is 0. The van der Waals surface area contributed by atoms with E-state index in [0.29, 0.717) is 12.8 Å². The number of aliphatic hydroxyl groups excluding tert-OH is 2. The van der Waals surface area contributed by atoms with E-state index in [1.165, 1.54) is 6.92 Å². The molecule has 6 nitrogen and oxygen atoms in total. The number of fused-ring (bicyclic) bond motifs is 3. The number of Topliss-reactive ketones (excluding diaryl/α,β-unsaturated/α-hetero) is 1. The van der Waals surface area contributed by atoms with Crippen molar-refractivity contribution in [2.75, 3.05) is 0 Å². The summed E-state index contributed by atoms with van der Waals surface area (Å²) in [7, 11) is 0. The van der Waals surface area contributed by atoms with Crippen LogP contribution in [0.3, 0.4) is 0 Å². The van der Waals surface area contributed by atoms with Crippen molar-refractivity contribution >= 4 is 11.8 Å². The molecule has 0 aromatic heterocycles. The largest absolute Gasteiger partial charge is 0.457 e. The Labute approximate surface area is 167 Å². The summed E-state index contributed by atoms with van der Waals surface area (Å²) < 4.78 is 12.0. The van der Waals surface area contributed by atoms with Gasteiger partial charge in [0.1, 0.15) is 11.4 Å². The molecule has 2 N–H and O–H groups in total. The van der Waals surface area contributed by atoms with Crippen LogP contribution in [0.1, 0.15) is 60.8 Å². The maximum absolute atomic E-state index is 13.5. The topological polar surface area (TPSA) is 93.1 Å². The lowest BCUT2D eigenvalue weighted by Crippen LogP contribution is -2.77. The third-order valence-corrected chi connectivity index (χ3v) is 7.73. The number of carbonyl (C=O) groups is 2. The number of ether oxygens (including phenoxy) is 2. The molecule has 1 saturated heterocycles. The third-order valence-electron chi connectivity index (χ3n) is 7.73. The van der Waals surface area contributed by atoms with Gasteiger partial charge in [-0.3, -0.25) is 9.59 Å². The summed E-state index contributed by atoms with van der Waals surface area (Å²) in [5.41, 5.74) is -3.44. The molecule has 1 aliphatic heterocycles. The number of ketones is 1. The van der Waals surface area contributed by atoms with E-state index in [4.69, 9.17) is 9.47 Å². The van der Waals surface area contributed by atoms with Gasteiger partial charge in [0.2, 0.25) is 0 Å². The van der Waals surface area contributed by atoms with E-state index in [2.05, 4.69) is 6.58 Å². The van der Waals surface area contributed by atoms with Gasteiger partial charge in [0.05, 0.1) is 23.7 Å². The smallest absolute Gasteiger partial charge is 0.303 e. The molecular weight excluding hydrogens is 360 g/mol. The number of rotatable bonds is 2. The zero-order valence-electron chi connectivity index (χ0n) is 17.8. The summed E-state index contributed by atoms with van der Waals surface area (Å²) in [5.74, 6) is -1.72. The summed E-state index contributed by atoms with van der Waals surface area (Å²) in [6, 6.07) is 0. The highest BCUT2D eigenvalue weighted by atomic mass is 16.6. The lowest BCUT2D eigenvalue weighted by molar-refractivity contribution is -0.321. The molecule has 2 aliphatic carbocycles. The highest BCUT2D eigenvalue weighted by molar-refractivity contribution is 5.86. The van der Waals surface area contributed by atoms with Crippen LogP contribution in [0.15, 0.2) is 12.7 Å². The molecule has 0 bridgehead atoms. The van der Waals surface area contributed by atoms with Crippen molar-refractivity contribution in [3.05, 3.63) is 12.7 Å². The van der Waals surface area contributed by atoms with Crippen molar-refractivity contribution in [3.63, 3.8) is 0 Å². The molecule has 0 radical (unpaired) electrons. The van der Waals surface area contributed by atoms with E-state index in [1.54, 1.807) is 19.9 Å². The van der Waals surface area contributed by atoms with Gasteiger partial charge in [-0.2, -0.15) is 0 Å². The first-order valence-electron chi connectivity index (χ1n) is 10.1. The average Bonchev–Trinajstić information content (AvgIpc) is 2.54. The zero-order valence-corrected chi connectivity index (χ0v) is 17.8. The number of carbonyl (C=O) groups excluding carboxylic acids is 2. The number of hydrogen-bond donors (Lipinski definition) is 2. The van der Waals surface area contributed by atoms with Gasteiger partial charge in [0.25, 0.3) is 0 Å². The van der Waals surface area contributed by atoms with Crippen molar-refractivity contribution in [3.8, 4) is 0 Å². The molecular formula is C22H34O6. The molecule has 28 heavy (non-hydrogen) atoms. The second-order valence-electron chi connectivity index (χ2n) is 10.3. The van der Waals surface area contributed by atoms with Gasteiger partial charge in [-0.15, -0.1) is 6.58 Å². The Hall–Kier alpha value is -1.24. The number of hydrogen-bond acceptors (Lipinski definition) is 6. The maximum atomic E-state index is 13.5. The Morgan fingerprint density at radius 2 is 1.86 bits per heavy atom. The van der Waals surface area contributed by atoms with Crippen molar-refractivity contribution in [1.82, 2.24) is 0 Å². The van der Waals surface area contributed by atoms with E-state index in [-0.39, 0.29) is 17.6 Å². The first-order chi connectivity index (χ1) is 12.7. The van der Waals surface area contributed by atoms with Gasteiger partial charge in [0, 0.05) is 24.7 Å². The molecule has 3 aliphatic rings. The first kappa shape index (κ1) is 21.5. The van der Waals surface area contributed by atoms with Gasteiger partial charge in [-0.25, -0.2) is 0 Å². The fourth-order valence-corrected chi connectivity index (χ4v) is 6.77. The summed E-state index contributed by atoms with van der Waals surface area (Å²) in [6.45, 7) is 14.6. The Balaban J connectivity index is 2.24. The lowest BCUT2D eigenvalue weighted by Gasteiger charge is -2.68. The van der Waals surface area contributed by atoms with Crippen molar-refractivity contribution in [2.24, 2.45) is 22.7 Å². The molecule has 0 spiro atoms. The van der Waals surface area contributed by atoms with Gasteiger partial charge in [-0.1, -0.05) is 26.8 Å². The Kier molecular flexibility index (Phi) is 4.89. The quantitative estimate of drug-likeness (QED) is 0.552. The summed E-state index contributed by atoms with van der Waals surface area (Å²) in [5, 5.41) is 22.6. The second kappa shape index (κ2) is 6.38. The summed E-state index contributed by atoms with van der Waals surface area (Å²) in [4.78, 5) is 25.4. The van der Waals surface area contributed by atoms with Gasteiger partial charge < -0.3 is 19.7 Å². The maximum Gasteiger partial charge on any atom is 0.303 e. The molecule has 1 heterocycles. The molecule has 158 valence electrons. The van der Waals surface area contributed by atoms with Crippen LogP contribution in [0.25, 0.3) is 0 Å². The molecule has 8 atom stereocenters. The zero-order chi connectivity index (χ0) is 21.3. The fourth-order valence-electron chi connectivity index (χ4n) is 6.77. The van der Waals surface area contributed by atoms with E-state index in [9.17, 15) is 19.8 Å². The molecule has 3 fully saturated rings. The van der Waals surface area contributed by atoms with Crippen LogP contribution in [-0.2, 0) is 19.1 Å². The monoisotopic (exact) mass is 394 g/mol. The second-order valence-corrected chi connectivity index (χ2v) is 10.3. The van der Waals surface area contributed by atoms with E-state index in [1.807, 2.05) is 20.8 Å². The van der Waals surface area contributed by atoms with E-state index >= 15 is 0 Å². The summed E-state index contributed by atoms with van der Waals surface area (Å²) in [6.07, 6.45) is 0.128. The van der Waals surface area contributed by atoms with Crippen LogP contribution in [0.5, 0.6) is 0 Å². The molecule has 0 aromatic carbocycles.